The number of aliphatic imine (C=N–C) groups is 1. The smallest absolute Gasteiger partial charge is 0.0630 e. The molecule has 1 nitrogen and oxygen atoms in total. The van der Waals surface area contributed by atoms with Gasteiger partial charge >= 0.3 is 0 Å². The number of halogens is 2. The molecule has 68 valence electrons. The topological polar surface area (TPSA) is 12.4 Å². The number of nitrogens with zero attached hydrogens (tertiary/aromatic N) is 1. The highest BCUT2D eigenvalue weighted by Crippen LogP contribution is 2.29. The number of rotatable bonds is 0. The molecule has 2 rings (SSSR count). The summed E-state index contributed by atoms with van der Waals surface area (Å²) >= 11 is 8.45. The summed E-state index contributed by atoms with van der Waals surface area (Å²) in [6.45, 7) is 3.03. The van der Waals surface area contributed by atoms with E-state index < -0.39 is 0 Å². The Morgan fingerprint density at radius 3 is 3.08 bits per heavy atom. The SMILES string of the molecule is Cc1cc(I)c(Cl)c2c1CCN=C2. The first kappa shape index (κ1) is 9.46. The van der Waals surface area contributed by atoms with Gasteiger partial charge in [-0.1, -0.05) is 11.6 Å². The normalized spacial score (nSPS) is 14.4. The molecule has 1 aliphatic heterocycles. The maximum Gasteiger partial charge on any atom is 0.0630 e. The van der Waals surface area contributed by atoms with Crippen molar-refractivity contribution in [1.82, 2.24) is 0 Å². The lowest BCUT2D eigenvalue weighted by molar-refractivity contribution is 0.940. The van der Waals surface area contributed by atoms with E-state index in [2.05, 4.69) is 40.6 Å². The highest BCUT2D eigenvalue weighted by atomic mass is 127. The minimum absolute atomic E-state index is 0.852. The molecule has 1 heterocycles. The molecular formula is C10H9ClIN. The van der Waals surface area contributed by atoms with Gasteiger partial charge in [-0.2, -0.15) is 0 Å². The molecule has 1 aromatic rings. The number of aryl methyl sites for hydroxylation is 1. The minimum atomic E-state index is 0.852. The quantitative estimate of drug-likeness (QED) is 0.653. The molecule has 0 saturated heterocycles. The highest BCUT2D eigenvalue weighted by Gasteiger charge is 2.13. The predicted octanol–water partition coefficient (Wildman–Crippen LogP) is 3.23. The van der Waals surface area contributed by atoms with Crippen molar-refractivity contribution in [2.45, 2.75) is 13.3 Å². The fourth-order valence-corrected chi connectivity index (χ4v) is 2.59. The molecule has 0 aliphatic carbocycles. The fourth-order valence-electron chi connectivity index (χ4n) is 1.61. The van der Waals surface area contributed by atoms with Gasteiger partial charge in [0.25, 0.3) is 0 Å². The Labute approximate surface area is 96.3 Å². The Balaban J connectivity index is 2.72. The third-order valence-corrected chi connectivity index (χ3v) is 3.88. The fraction of sp³-hybridized carbons (Fsp3) is 0.300. The molecule has 0 spiro atoms. The van der Waals surface area contributed by atoms with Crippen LogP contribution in [0.25, 0.3) is 0 Å². The second kappa shape index (κ2) is 3.58. The standard InChI is InChI=1S/C10H9ClIN/c1-6-4-9(12)10(11)8-5-13-3-2-7(6)8/h4-5H,2-3H2,1H3. The van der Waals surface area contributed by atoms with E-state index in [9.17, 15) is 0 Å². The Morgan fingerprint density at radius 2 is 2.31 bits per heavy atom. The molecular weight excluding hydrogens is 296 g/mol. The number of benzene rings is 1. The Bertz CT molecular complexity index is 385. The molecule has 0 aromatic heterocycles. The van der Waals surface area contributed by atoms with Crippen LogP contribution in [0.5, 0.6) is 0 Å². The van der Waals surface area contributed by atoms with Gasteiger partial charge in [0.05, 0.1) is 5.02 Å². The molecule has 0 N–H and O–H groups in total. The van der Waals surface area contributed by atoms with Crippen molar-refractivity contribution in [3.8, 4) is 0 Å². The van der Waals surface area contributed by atoms with Gasteiger partial charge < -0.3 is 0 Å². The average molecular weight is 306 g/mol. The van der Waals surface area contributed by atoms with Crippen LogP contribution in [0.1, 0.15) is 16.7 Å². The Kier molecular flexibility index (Phi) is 2.60. The zero-order chi connectivity index (χ0) is 9.42. The molecule has 1 aromatic carbocycles. The van der Waals surface area contributed by atoms with Crippen LogP contribution in [0.3, 0.4) is 0 Å². The van der Waals surface area contributed by atoms with E-state index in [0.717, 1.165) is 27.1 Å². The van der Waals surface area contributed by atoms with E-state index in [-0.39, 0.29) is 0 Å². The molecule has 0 amide bonds. The van der Waals surface area contributed by atoms with Crippen LogP contribution < -0.4 is 0 Å². The summed E-state index contributed by atoms with van der Waals surface area (Å²) in [5.41, 5.74) is 3.81. The Hall–Kier alpha value is -0.0900. The van der Waals surface area contributed by atoms with Crippen LogP contribution in [0, 0.1) is 10.5 Å². The first-order chi connectivity index (χ1) is 6.20. The molecule has 3 heteroatoms. The summed E-state index contributed by atoms with van der Waals surface area (Å²) in [7, 11) is 0. The molecule has 13 heavy (non-hydrogen) atoms. The summed E-state index contributed by atoms with van der Waals surface area (Å²) < 4.78 is 1.11. The lowest BCUT2D eigenvalue weighted by Gasteiger charge is -2.15. The second-order valence-electron chi connectivity index (χ2n) is 3.17. The van der Waals surface area contributed by atoms with Crippen LogP contribution in [-0.2, 0) is 6.42 Å². The van der Waals surface area contributed by atoms with E-state index in [1.807, 2.05) is 6.21 Å². The third-order valence-electron chi connectivity index (χ3n) is 2.30. The lowest BCUT2D eigenvalue weighted by Crippen LogP contribution is -2.06. The second-order valence-corrected chi connectivity index (χ2v) is 4.71. The van der Waals surface area contributed by atoms with E-state index in [1.54, 1.807) is 0 Å². The first-order valence-corrected chi connectivity index (χ1v) is 5.63. The average Bonchev–Trinajstić information content (AvgIpc) is 2.15. The lowest BCUT2D eigenvalue weighted by atomic mass is 9.98. The summed E-state index contributed by atoms with van der Waals surface area (Å²) in [5.74, 6) is 0. The maximum atomic E-state index is 6.18. The van der Waals surface area contributed by atoms with Crippen LogP contribution in [0.2, 0.25) is 5.02 Å². The van der Waals surface area contributed by atoms with E-state index >= 15 is 0 Å². The summed E-state index contributed by atoms with van der Waals surface area (Å²) in [6, 6.07) is 2.14. The number of hydrogen-bond acceptors (Lipinski definition) is 1. The van der Waals surface area contributed by atoms with Crippen molar-refractivity contribution in [1.29, 1.82) is 0 Å². The molecule has 0 bridgehead atoms. The van der Waals surface area contributed by atoms with Gasteiger partial charge in [0, 0.05) is 21.9 Å². The van der Waals surface area contributed by atoms with Crippen molar-refractivity contribution in [2.75, 3.05) is 6.54 Å². The summed E-state index contributed by atoms with van der Waals surface area (Å²) in [4.78, 5) is 4.25. The zero-order valence-electron chi connectivity index (χ0n) is 7.27. The van der Waals surface area contributed by atoms with Crippen molar-refractivity contribution in [2.24, 2.45) is 4.99 Å². The van der Waals surface area contributed by atoms with Gasteiger partial charge in [0.15, 0.2) is 0 Å². The maximum absolute atomic E-state index is 6.18. The number of hydrogen-bond donors (Lipinski definition) is 0. The monoisotopic (exact) mass is 305 g/mol. The van der Waals surface area contributed by atoms with Crippen molar-refractivity contribution in [3.63, 3.8) is 0 Å². The van der Waals surface area contributed by atoms with Crippen LogP contribution in [0.4, 0.5) is 0 Å². The predicted molar refractivity (Wildman–Crippen MR) is 65.1 cm³/mol. The molecule has 0 atom stereocenters. The molecule has 0 unspecified atom stereocenters. The van der Waals surface area contributed by atoms with Gasteiger partial charge in [0.1, 0.15) is 0 Å². The van der Waals surface area contributed by atoms with Crippen LogP contribution in [-0.4, -0.2) is 12.8 Å². The van der Waals surface area contributed by atoms with E-state index in [4.69, 9.17) is 11.6 Å². The first-order valence-electron chi connectivity index (χ1n) is 4.17. The number of fused-ring (bicyclic) bond motifs is 1. The van der Waals surface area contributed by atoms with Gasteiger partial charge in [-0.25, -0.2) is 0 Å². The van der Waals surface area contributed by atoms with E-state index in [0.29, 0.717) is 0 Å². The molecule has 0 fully saturated rings. The van der Waals surface area contributed by atoms with Crippen molar-refractivity contribution >= 4 is 40.4 Å². The van der Waals surface area contributed by atoms with Crippen LogP contribution in [0.15, 0.2) is 11.1 Å². The zero-order valence-corrected chi connectivity index (χ0v) is 10.2. The van der Waals surface area contributed by atoms with Gasteiger partial charge in [-0.05, 0) is 53.1 Å². The van der Waals surface area contributed by atoms with Crippen LogP contribution >= 0.6 is 34.2 Å². The van der Waals surface area contributed by atoms with E-state index in [1.165, 1.54) is 11.1 Å². The largest absolute Gasteiger partial charge is 0.292 e. The van der Waals surface area contributed by atoms with Crippen molar-refractivity contribution < 1.29 is 0 Å². The molecule has 0 radical (unpaired) electrons. The third kappa shape index (κ3) is 1.62. The minimum Gasteiger partial charge on any atom is -0.292 e. The van der Waals surface area contributed by atoms with Gasteiger partial charge in [-0.15, -0.1) is 0 Å². The highest BCUT2D eigenvalue weighted by molar-refractivity contribution is 14.1. The molecule has 1 aliphatic rings. The van der Waals surface area contributed by atoms with Gasteiger partial charge in [0.2, 0.25) is 0 Å². The summed E-state index contributed by atoms with van der Waals surface area (Å²) in [5, 5.41) is 0.852. The van der Waals surface area contributed by atoms with Gasteiger partial charge in [-0.3, -0.25) is 4.99 Å². The molecule has 0 saturated carbocycles. The summed E-state index contributed by atoms with van der Waals surface area (Å²) in [6.07, 6.45) is 2.92. The van der Waals surface area contributed by atoms with Crippen molar-refractivity contribution in [3.05, 3.63) is 31.3 Å². The Morgan fingerprint density at radius 1 is 1.54 bits per heavy atom.